The lowest BCUT2D eigenvalue weighted by molar-refractivity contribution is -0.163. The van der Waals surface area contributed by atoms with Crippen molar-refractivity contribution in [1.82, 2.24) is 0 Å². The molecular formula is C14H19NO9. The highest BCUT2D eigenvalue weighted by molar-refractivity contribution is 5.86. The van der Waals surface area contributed by atoms with Crippen molar-refractivity contribution < 1.29 is 43.2 Å². The van der Waals surface area contributed by atoms with E-state index in [-0.39, 0.29) is 18.3 Å². The number of methoxy groups -OCH3 is 1. The second-order valence-electron chi connectivity index (χ2n) is 5.43. The van der Waals surface area contributed by atoms with E-state index in [0.29, 0.717) is 0 Å². The Morgan fingerprint density at radius 2 is 2.17 bits per heavy atom. The molecule has 0 aliphatic carbocycles. The number of cyclic esters (lactones) is 2. The fourth-order valence-electron chi connectivity index (χ4n) is 2.51. The second kappa shape index (κ2) is 7.49. The number of rotatable bonds is 6. The molecule has 1 saturated heterocycles. The molecule has 0 aromatic carbocycles. The summed E-state index contributed by atoms with van der Waals surface area (Å²) in [5.41, 5.74) is 6.00. The first-order valence-electron chi connectivity index (χ1n) is 7.22. The van der Waals surface area contributed by atoms with E-state index in [4.69, 9.17) is 29.8 Å². The molecule has 2 heterocycles. The molecule has 10 heteroatoms. The van der Waals surface area contributed by atoms with Crippen LogP contribution in [0.5, 0.6) is 0 Å². The molecule has 0 spiro atoms. The van der Waals surface area contributed by atoms with E-state index in [1.54, 1.807) is 6.92 Å². The molecule has 3 N–H and O–H groups in total. The summed E-state index contributed by atoms with van der Waals surface area (Å²) >= 11 is 0. The average molecular weight is 345 g/mol. The highest BCUT2D eigenvalue weighted by Crippen LogP contribution is 2.30. The van der Waals surface area contributed by atoms with Gasteiger partial charge in [0.05, 0.1) is 7.11 Å². The SMILES string of the molecule is COC(=O)C1=C[C@H](N)[C@@H](C)[C@H]([C@H](OCC(=O)O)[C@H]2COC(=O)O2)O1. The summed E-state index contributed by atoms with van der Waals surface area (Å²) in [6.07, 6.45) is -2.17. The lowest BCUT2D eigenvalue weighted by Gasteiger charge is -2.38. The number of hydrogen-bond acceptors (Lipinski definition) is 9. The molecule has 1 fully saturated rings. The van der Waals surface area contributed by atoms with Crippen molar-refractivity contribution in [2.24, 2.45) is 11.7 Å². The first-order chi connectivity index (χ1) is 11.3. The summed E-state index contributed by atoms with van der Waals surface area (Å²) in [5, 5.41) is 8.84. The Balaban J connectivity index is 2.22. The summed E-state index contributed by atoms with van der Waals surface area (Å²) in [6, 6.07) is -0.563. The Labute approximate surface area is 137 Å². The number of carbonyl (C=O) groups excluding carboxylic acids is 2. The summed E-state index contributed by atoms with van der Waals surface area (Å²) < 4.78 is 25.3. The van der Waals surface area contributed by atoms with Crippen LogP contribution in [0.4, 0.5) is 4.79 Å². The van der Waals surface area contributed by atoms with Crippen molar-refractivity contribution in [1.29, 1.82) is 0 Å². The summed E-state index contributed by atoms with van der Waals surface area (Å²) in [5.74, 6) is -2.39. The molecule has 0 saturated carbocycles. The first-order valence-corrected chi connectivity index (χ1v) is 7.22. The molecule has 2 aliphatic heterocycles. The first kappa shape index (κ1) is 18.0. The van der Waals surface area contributed by atoms with Crippen molar-refractivity contribution in [2.75, 3.05) is 20.3 Å². The molecule has 0 radical (unpaired) electrons. The fraction of sp³-hybridized carbons (Fsp3) is 0.643. The van der Waals surface area contributed by atoms with Crippen LogP contribution in [0.25, 0.3) is 0 Å². The molecule has 2 rings (SSSR count). The molecule has 10 nitrogen and oxygen atoms in total. The van der Waals surface area contributed by atoms with Crippen molar-refractivity contribution in [3.63, 3.8) is 0 Å². The van der Waals surface area contributed by atoms with Gasteiger partial charge in [-0.1, -0.05) is 6.92 Å². The highest BCUT2D eigenvalue weighted by atomic mass is 16.8. The zero-order chi connectivity index (χ0) is 17.9. The third-order valence-corrected chi connectivity index (χ3v) is 3.82. The summed E-state index contributed by atoms with van der Waals surface area (Å²) in [4.78, 5) is 33.7. The van der Waals surface area contributed by atoms with Crippen LogP contribution >= 0.6 is 0 Å². The van der Waals surface area contributed by atoms with Gasteiger partial charge >= 0.3 is 18.1 Å². The molecule has 0 aromatic heterocycles. The quantitative estimate of drug-likeness (QED) is 0.599. The van der Waals surface area contributed by atoms with Gasteiger partial charge in [0.25, 0.3) is 0 Å². The van der Waals surface area contributed by atoms with E-state index in [9.17, 15) is 14.4 Å². The fourth-order valence-corrected chi connectivity index (χ4v) is 2.51. The van der Waals surface area contributed by atoms with E-state index in [2.05, 4.69) is 4.74 Å². The number of carboxylic acid groups (broad SMARTS) is 1. The number of aliphatic carboxylic acids is 1. The summed E-state index contributed by atoms with van der Waals surface area (Å²) in [6.45, 7) is 0.981. The lowest BCUT2D eigenvalue weighted by atomic mass is 9.88. The van der Waals surface area contributed by atoms with Crippen LogP contribution in [0.15, 0.2) is 11.8 Å². The maximum Gasteiger partial charge on any atom is 0.508 e. The summed E-state index contributed by atoms with van der Waals surface area (Å²) in [7, 11) is 1.19. The number of carbonyl (C=O) groups is 3. The smallest absolute Gasteiger partial charge is 0.480 e. The minimum atomic E-state index is -1.21. The van der Waals surface area contributed by atoms with Crippen molar-refractivity contribution >= 4 is 18.1 Å². The van der Waals surface area contributed by atoms with E-state index >= 15 is 0 Å². The van der Waals surface area contributed by atoms with Crippen LogP contribution in [0.1, 0.15) is 6.92 Å². The van der Waals surface area contributed by atoms with Gasteiger partial charge in [-0.3, -0.25) is 0 Å². The number of carboxylic acids is 1. The van der Waals surface area contributed by atoms with E-state index in [1.807, 2.05) is 0 Å². The second-order valence-corrected chi connectivity index (χ2v) is 5.43. The standard InChI is InChI=1S/C14H19NO9/c1-6-7(15)3-8(13(18)20-2)23-11(6)12(21-5-10(16)17)9-4-22-14(19)24-9/h3,6-7,9,11-12H,4-5,15H2,1-2H3,(H,16,17)/t6-,7+,9-,11-,12-/m1/s1. The van der Waals surface area contributed by atoms with Crippen molar-refractivity contribution in [3.8, 4) is 0 Å². The van der Waals surface area contributed by atoms with Gasteiger partial charge in [0, 0.05) is 12.0 Å². The van der Waals surface area contributed by atoms with Crippen LogP contribution < -0.4 is 5.73 Å². The maximum absolute atomic E-state index is 11.7. The van der Waals surface area contributed by atoms with E-state index < -0.39 is 49.1 Å². The van der Waals surface area contributed by atoms with Crippen molar-refractivity contribution in [2.45, 2.75) is 31.3 Å². The molecule has 0 bridgehead atoms. The number of nitrogens with two attached hydrogens (primary N) is 1. The van der Waals surface area contributed by atoms with Crippen LogP contribution in [0, 0.1) is 5.92 Å². The van der Waals surface area contributed by atoms with Gasteiger partial charge in [-0.2, -0.15) is 0 Å². The Hall–Kier alpha value is -2.33. The molecule has 24 heavy (non-hydrogen) atoms. The molecular weight excluding hydrogens is 326 g/mol. The molecule has 134 valence electrons. The Bertz CT molecular complexity index is 546. The third-order valence-electron chi connectivity index (χ3n) is 3.82. The Morgan fingerprint density at radius 1 is 1.46 bits per heavy atom. The number of hydrogen-bond donors (Lipinski definition) is 2. The molecule has 0 unspecified atom stereocenters. The van der Waals surface area contributed by atoms with E-state index in [0.717, 1.165) is 0 Å². The Kier molecular flexibility index (Phi) is 5.62. The minimum Gasteiger partial charge on any atom is -0.480 e. The van der Waals surface area contributed by atoms with Crippen LogP contribution in [0.3, 0.4) is 0 Å². The predicted octanol–water partition coefficient (Wildman–Crippen LogP) is -0.589. The van der Waals surface area contributed by atoms with Gasteiger partial charge in [0.2, 0.25) is 5.76 Å². The van der Waals surface area contributed by atoms with Crippen LogP contribution in [-0.4, -0.2) is 67.9 Å². The van der Waals surface area contributed by atoms with Crippen molar-refractivity contribution in [3.05, 3.63) is 11.8 Å². The predicted molar refractivity (Wildman–Crippen MR) is 75.7 cm³/mol. The largest absolute Gasteiger partial charge is 0.508 e. The monoisotopic (exact) mass is 345 g/mol. The number of esters is 1. The Morgan fingerprint density at radius 3 is 2.71 bits per heavy atom. The van der Waals surface area contributed by atoms with Gasteiger partial charge in [-0.05, 0) is 6.08 Å². The van der Waals surface area contributed by atoms with Gasteiger partial charge in [-0.15, -0.1) is 0 Å². The normalized spacial score (nSPS) is 30.5. The molecule has 2 aliphatic rings. The van der Waals surface area contributed by atoms with Crippen LogP contribution in [0.2, 0.25) is 0 Å². The minimum absolute atomic E-state index is 0.109. The highest BCUT2D eigenvalue weighted by Gasteiger charge is 2.45. The third kappa shape index (κ3) is 3.95. The van der Waals surface area contributed by atoms with Gasteiger partial charge < -0.3 is 34.5 Å². The maximum atomic E-state index is 11.7. The van der Waals surface area contributed by atoms with Gasteiger partial charge in [0.1, 0.15) is 25.4 Å². The van der Waals surface area contributed by atoms with Gasteiger partial charge in [-0.25, -0.2) is 14.4 Å². The van der Waals surface area contributed by atoms with Crippen LogP contribution in [-0.2, 0) is 33.3 Å². The molecule has 5 atom stereocenters. The van der Waals surface area contributed by atoms with Gasteiger partial charge in [0.15, 0.2) is 6.10 Å². The molecule has 0 aromatic rings. The average Bonchev–Trinajstić information content (AvgIpc) is 2.96. The van der Waals surface area contributed by atoms with E-state index in [1.165, 1.54) is 13.2 Å². The lowest BCUT2D eigenvalue weighted by Crippen LogP contribution is -2.52. The topological polar surface area (TPSA) is 144 Å². The zero-order valence-corrected chi connectivity index (χ0v) is 13.2. The molecule has 0 amide bonds. The zero-order valence-electron chi connectivity index (χ0n) is 13.2. The number of ether oxygens (including phenoxy) is 5.